The number of aromatic amines is 2. The molecule has 0 aliphatic heterocycles. The normalized spacial score (nSPS) is 11.8. The SMILES string of the molecule is Cc1cn(CCN(CCn2ccc(=O)[nH]c2=O)C(=O)CC(O)C(=O)O)c(=O)[nH]c1=O. The monoisotopic (exact) mass is 423 g/mol. The highest BCUT2D eigenvalue weighted by molar-refractivity contribution is 5.83. The van der Waals surface area contributed by atoms with E-state index in [0.29, 0.717) is 0 Å². The van der Waals surface area contributed by atoms with E-state index in [2.05, 4.69) is 9.97 Å². The first-order valence-electron chi connectivity index (χ1n) is 8.87. The zero-order valence-corrected chi connectivity index (χ0v) is 16.0. The zero-order chi connectivity index (χ0) is 22.4. The molecule has 0 aliphatic rings. The average Bonchev–Trinajstić information content (AvgIpc) is 2.66. The van der Waals surface area contributed by atoms with E-state index in [1.54, 1.807) is 0 Å². The maximum Gasteiger partial charge on any atom is 0.333 e. The number of carbonyl (C=O) groups excluding carboxylic acids is 1. The van der Waals surface area contributed by atoms with Crippen LogP contribution in [-0.2, 0) is 22.7 Å². The van der Waals surface area contributed by atoms with Gasteiger partial charge in [0, 0.05) is 50.2 Å². The first-order chi connectivity index (χ1) is 14.1. The summed E-state index contributed by atoms with van der Waals surface area (Å²) < 4.78 is 2.32. The fraction of sp³-hybridized carbons (Fsp3) is 0.412. The van der Waals surface area contributed by atoms with E-state index in [4.69, 9.17) is 5.11 Å². The topological polar surface area (TPSA) is 188 Å². The molecule has 1 atom stereocenters. The van der Waals surface area contributed by atoms with Gasteiger partial charge in [-0.15, -0.1) is 0 Å². The van der Waals surface area contributed by atoms with Crippen LogP contribution in [0.2, 0.25) is 0 Å². The molecule has 2 rings (SSSR count). The van der Waals surface area contributed by atoms with Crippen molar-refractivity contribution in [3.63, 3.8) is 0 Å². The van der Waals surface area contributed by atoms with Crippen LogP contribution in [0.5, 0.6) is 0 Å². The van der Waals surface area contributed by atoms with Crippen LogP contribution in [0.15, 0.2) is 37.6 Å². The number of hydrogen-bond acceptors (Lipinski definition) is 7. The number of carbonyl (C=O) groups is 2. The number of carboxylic acid groups (broad SMARTS) is 1. The molecule has 13 heteroatoms. The van der Waals surface area contributed by atoms with Crippen LogP contribution in [0.3, 0.4) is 0 Å². The van der Waals surface area contributed by atoms with Gasteiger partial charge in [-0.25, -0.2) is 14.4 Å². The third-order valence-corrected chi connectivity index (χ3v) is 4.31. The predicted molar refractivity (Wildman–Crippen MR) is 102 cm³/mol. The van der Waals surface area contributed by atoms with E-state index in [1.807, 2.05) is 0 Å². The van der Waals surface area contributed by atoms with Gasteiger partial charge in [0.25, 0.3) is 11.1 Å². The first kappa shape index (κ1) is 22.5. The summed E-state index contributed by atoms with van der Waals surface area (Å²) in [7, 11) is 0. The second kappa shape index (κ2) is 9.65. The summed E-state index contributed by atoms with van der Waals surface area (Å²) in [6.45, 7) is 1.34. The first-order valence-corrected chi connectivity index (χ1v) is 8.87. The van der Waals surface area contributed by atoms with Crippen molar-refractivity contribution < 1.29 is 19.8 Å². The van der Waals surface area contributed by atoms with Gasteiger partial charge in [-0.2, -0.15) is 0 Å². The molecule has 4 N–H and O–H groups in total. The van der Waals surface area contributed by atoms with E-state index in [1.165, 1.54) is 28.8 Å². The fourth-order valence-corrected chi connectivity index (χ4v) is 2.60. The van der Waals surface area contributed by atoms with Gasteiger partial charge in [0.1, 0.15) is 0 Å². The van der Waals surface area contributed by atoms with E-state index in [9.17, 15) is 33.9 Å². The molecule has 2 aromatic heterocycles. The van der Waals surface area contributed by atoms with Crippen molar-refractivity contribution in [3.05, 3.63) is 65.7 Å². The second-order valence-corrected chi connectivity index (χ2v) is 6.51. The lowest BCUT2D eigenvalue weighted by Gasteiger charge is -2.24. The van der Waals surface area contributed by atoms with Crippen molar-refractivity contribution in [2.45, 2.75) is 32.5 Å². The Balaban J connectivity index is 2.18. The minimum atomic E-state index is -1.91. The highest BCUT2D eigenvalue weighted by Crippen LogP contribution is 2.02. The molecule has 0 aromatic carbocycles. The number of nitrogens with one attached hydrogen (secondary N) is 2. The van der Waals surface area contributed by atoms with E-state index in [-0.39, 0.29) is 31.7 Å². The van der Waals surface area contributed by atoms with Gasteiger partial charge in [0.15, 0.2) is 6.10 Å². The molecular formula is C17H21N5O8. The van der Waals surface area contributed by atoms with Crippen molar-refractivity contribution in [1.29, 1.82) is 0 Å². The van der Waals surface area contributed by atoms with Gasteiger partial charge < -0.3 is 15.1 Å². The summed E-state index contributed by atoms with van der Waals surface area (Å²) in [5.74, 6) is -2.27. The number of aliphatic hydroxyl groups excluding tert-OH is 1. The molecule has 0 radical (unpaired) electrons. The predicted octanol–water partition coefficient (Wildman–Crippen LogP) is -2.94. The molecule has 2 heterocycles. The number of rotatable bonds is 9. The highest BCUT2D eigenvalue weighted by Gasteiger charge is 2.22. The maximum absolute atomic E-state index is 12.5. The summed E-state index contributed by atoms with van der Waals surface area (Å²) in [5, 5.41) is 18.3. The fourth-order valence-electron chi connectivity index (χ4n) is 2.60. The van der Waals surface area contributed by atoms with E-state index in [0.717, 1.165) is 10.6 Å². The number of H-pyrrole nitrogens is 2. The van der Waals surface area contributed by atoms with Gasteiger partial charge in [-0.05, 0) is 6.92 Å². The number of hydrogen-bond donors (Lipinski definition) is 4. The minimum Gasteiger partial charge on any atom is -0.479 e. The lowest BCUT2D eigenvalue weighted by molar-refractivity contribution is -0.151. The minimum absolute atomic E-state index is 0.0219. The summed E-state index contributed by atoms with van der Waals surface area (Å²) in [6.07, 6.45) is -0.0439. The Labute approximate surface area is 167 Å². The third-order valence-electron chi connectivity index (χ3n) is 4.31. The molecule has 0 fully saturated rings. The molecule has 0 saturated carbocycles. The molecule has 1 unspecified atom stereocenters. The number of carboxylic acids is 1. The Bertz CT molecular complexity index is 1160. The van der Waals surface area contributed by atoms with Gasteiger partial charge in [0.05, 0.1) is 6.42 Å². The molecular weight excluding hydrogens is 402 g/mol. The lowest BCUT2D eigenvalue weighted by atomic mass is 10.2. The van der Waals surface area contributed by atoms with Crippen molar-refractivity contribution in [2.24, 2.45) is 0 Å². The number of nitrogens with zero attached hydrogens (tertiary/aromatic N) is 3. The lowest BCUT2D eigenvalue weighted by Crippen LogP contribution is -2.42. The summed E-state index contributed by atoms with van der Waals surface area (Å²) >= 11 is 0. The molecule has 0 bridgehead atoms. The van der Waals surface area contributed by atoms with Crippen LogP contribution in [0.1, 0.15) is 12.0 Å². The third kappa shape index (κ3) is 5.88. The second-order valence-electron chi connectivity index (χ2n) is 6.51. The average molecular weight is 423 g/mol. The summed E-state index contributed by atoms with van der Waals surface area (Å²) in [5.41, 5.74) is -2.20. The molecule has 13 nitrogen and oxygen atoms in total. The number of aryl methyl sites for hydroxylation is 1. The van der Waals surface area contributed by atoms with Gasteiger partial charge in [0.2, 0.25) is 5.91 Å². The molecule has 2 aromatic rings. The Hall–Kier alpha value is -3.74. The molecule has 1 amide bonds. The van der Waals surface area contributed by atoms with Gasteiger partial charge in [-0.1, -0.05) is 0 Å². The molecule has 162 valence electrons. The zero-order valence-electron chi connectivity index (χ0n) is 16.0. The molecule has 0 saturated heterocycles. The standard InChI is InChI=1S/C17H21N5O8/c1-10-9-22(17(30)19-14(10)26)7-5-20(13(25)8-11(23)15(27)28)4-6-21-3-2-12(24)18-16(21)29/h2-3,9,11,23H,4-8H2,1H3,(H,27,28)(H,18,24,29)(H,19,26,30). The number of aromatic nitrogens is 4. The van der Waals surface area contributed by atoms with Crippen molar-refractivity contribution in [3.8, 4) is 0 Å². The maximum atomic E-state index is 12.5. The van der Waals surface area contributed by atoms with Crippen molar-refractivity contribution >= 4 is 11.9 Å². The molecule has 0 aliphatic carbocycles. The van der Waals surface area contributed by atoms with Crippen LogP contribution in [-0.4, -0.2) is 65.3 Å². The highest BCUT2D eigenvalue weighted by atomic mass is 16.4. The Morgan fingerprint density at radius 1 is 1.07 bits per heavy atom. The van der Waals surface area contributed by atoms with E-state index < -0.39 is 46.9 Å². The van der Waals surface area contributed by atoms with Crippen LogP contribution < -0.4 is 22.5 Å². The van der Waals surface area contributed by atoms with E-state index >= 15 is 0 Å². The van der Waals surface area contributed by atoms with Crippen LogP contribution in [0.25, 0.3) is 0 Å². The van der Waals surface area contributed by atoms with Gasteiger partial charge >= 0.3 is 17.3 Å². The van der Waals surface area contributed by atoms with Crippen molar-refractivity contribution in [2.75, 3.05) is 13.1 Å². The summed E-state index contributed by atoms with van der Waals surface area (Å²) in [6, 6.07) is 1.13. The number of aliphatic carboxylic acids is 1. The quantitative estimate of drug-likeness (QED) is 0.329. The smallest absolute Gasteiger partial charge is 0.333 e. The molecule has 0 spiro atoms. The largest absolute Gasteiger partial charge is 0.479 e. The summed E-state index contributed by atoms with van der Waals surface area (Å²) in [4.78, 5) is 75.0. The Morgan fingerprint density at radius 2 is 1.67 bits per heavy atom. The van der Waals surface area contributed by atoms with Crippen LogP contribution in [0.4, 0.5) is 0 Å². The van der Waals surface area contributed by atoms with Crippen molar-refractivity contribution in [1.82, 2.24) is 24.0 Å². The van der Waals surface area contributed by atoms with Crippen LogP contribution in [0, 0.1) is 6.92 Å². The Kier molecular flexibility index (Phi) is 7.25. The molecule has 30 heavy (non-hydrogen) atoms. The van der Waals surface area contributed by atoms with Gasteiger partial charge in [-0.3, -0.25) is 33.5 Å². The number of aliphatic hydroxyl groups is 1. The van der Waals surface area contributed by atoms with Crippen LogP contribution >= 0.6 is 0 Å². The Morgan fingerprint density at radius 3 is 2.27 bits per heavy atom. The number of amides is 1.